The highest BCUT2D eigenvalue weighted by Gasteiger charge is 2.28. The third-order valence-electron chi connectivity index (χ3n) is 5.77. The number of aryl methyl sites for hydroxylation is 1. The Morgan fingerprint density at radius 1 is 1.27 bits per heavy atom. The van der Waals surface area contributed by atoms with E-state index in [-0.39, 0.29) is 29.1 Å². The van der Waals surface area contributed by atoms with Crippen molar-refractivity contribution in [3.05, 3.63) is 86.5 Å². The SMILES string of the molecule is CCn1c(=O)[nH]c(=O)c2c(C(=O)NCc3ccc(-n4ccnc4)c(F)c3)cc(C3CC3)nc21. The van der Waals surface area contributed by atoms with Crippen molar-refractivity contribution in [2.24, 2.45) is 0 Å². The number of hydrogen-bond donors (Lipinski definition) is 2. The number of H-pyrrole nitrogens is 1. The molecule has 5 rings (SSSR count). The molecule has 0 unspecified atom stereocenters. The number of fused-ring (bicyclic) bond motifs is 1. The maximum absolute atomic E-state index is 14.5. The van der Waals surface area contributed by atoms with Crippen molar-refractivity contribution in [1.29, 1.82) is 0 Å². The van der Waals surface area contributed by atoms with Crippen LogP contribution < -0.4 is 16.6 Å². The van der Waals surface area contributed by atoms with Gasteiger partial charge in [0.1, 0.15) is 5.82 Å². The van der Waals surface area contributed by atoms with Crippen molar-refractivity contribution < 1.29 is 9.18 Å². The Morgan fingerprint density at radius 3 is 2.76 bits per heavy atom. The number of pyridine rings is 1. The lowest BCUT2D eigenvalue weighted by Crippen LogP contribution is -2.33. The van der Waals surface area contributed by atoms with E-state index in [1.807, 2.05) is 0 Å². The quantitative estimate of drug-likeness (QED) is 0.470. The summed E-state index contributed by atoms with van der Waals surface area (Å²) >= 11 is 0. The maximum atomic E-state index is 14.5. The second-order valence-electron chi connectivity index (χ2n) is 8.01. The molecule has 9 nitrogen and oxygen atoms in total. The molecule has 33 heavy (non-hydrogen) atoms. The van der Waals surface area contributed by atoms with Crippen LogP contribution in [0.1, 0.15) is 47.3 Å². The minimum atomic E-state index is -0.657. The van der Waals surface area contributed by atoms with Gasteiger partial charge in [-0.05, 0) is 43.5 Å². The predicted octanol–water partition coefficient (Wildman–Crippen LogP) is 2.24. The first kappa shape index (κ1) is 20.8. The van der Waals surface area contributed by atoms with Crippen LogP contribution in [-0.2, 0) is 13.1 Å². The summed E-state index contributed by atoms with van der Waals surface area (Å²) in [6.07, 6.45) is 6.59. The molecular formula is C23H21FN6O3. The van der Waals surface area contributed by atoms with Gasteiger partial charge in [0.15, 0.2) is 5.65 Å². The molecule has 2 N–H and O–H groups in total. The van der Waals surface area contributed by atoms with Crippen molar-refractivity contribution in [3.8, 4) is 5.69 Å². The molecule has 3 aromatic heterocycles. The van der Waals surface area contributed by atoms with Gasteiger partial charge in [-0.15, -0.1) is 0 Å². The number of aromatic amines is 1. The number of halogens is 1. The summed E-state index contributed by atoms with van der Waals surface area (Å²) in [4.78, 5) is 48.7. The Morgan fingerprint density at radius 2 is 2.09 bits per heavy atom. The van der Waals surface area contributed by atoms with Gasteiger partial charge in [-0.2, -0.15) is 0 Å². The van der Waals surface area contributed by atoms with E-state index in [4.69, 9.17) is 0 Å². The normalized spacial score (nSPS) is 13.4. The lowest BCUT2D eigenvalue weighted by molar-refractivity contribution is 0.0952. The molecule has 0 spiro atoms. The van der Waals surface area contributed by atoms with E-state index in [2.05, 4.69) is 20.3 Å². The van der Waals surface area contributed by atoms with Crippen LogP contribution in [0.2, 0.25) is 0 Å². The Kier molecular flexibility index (Phi) is 5.12. The van der Waals surface area contributed by atoms with Gasteiger partial charge < -0.3 is 9.88 Å². The van der Waals surface area contributed by atoms with Crippen LogP contribution >= 0.6 is 0 Å². The Balaban J connectivity index is 1.48. The number of amides is 1. The monoisotopic (exact) mass is 448 g/mol. The van der Waals surface area contributed by atoms with Crippen molar-refractivity contribution in [1.82, 2.24) is 29.4 Å². The number of carbonyl (C=O) groups is 1. The summed E-state index contributed by atoms with van der Waals surface area (Å²) in [7, 11) is 0. The van der Waals surface area contributed by atoms with Gasteiger partial charge in [-0.25, -0.2) is 19.2 Å². The number of hydrogen-bond acceptors (Lipinski definition) is 5. The van der Waals surface area contributed by atoms with E-state index >= 15 is 0 Å². The van der Waals surface area contributed by atoms with E-state index in [1.54, 1.807) is 42.1 Å². The molecule has 0 bridgehead atoms. The number of nitrogens with zero attached hydrogens (tertiary/aromatic N) is 4. The highest BCUT2D eigenvalue weighted by molar-refractivity contribution is 6.05. The number of imidazole rings is 1. The predicted molar refractivity (Wildman–Crippen MR) is 119 cm³/mol. The summed E-state index contributed by atoms with van der Waals surface area (Å²) in [5, 5.41) is 2.83. The maximum Gasteiger partial charge on any atom is 0.329 e. The average molecular weight is 448 g/mol. The minimum absolute atomic E-state index is 0.0634. The number of rotatable bonds is 6. The fraction of sp³-hybridized carbons (Fsp3) is 0.261. The van der Waals surface area contributed by atoms with Gasteiger partial charge in [0.25, 0.3) is 11.5 Å². The molecule has 168 valence electrons. The fourth-order valence-electron chi connectivity index (χ4n) is 3.90. The van der Waals surface area contributed by atoms with Gasteiger partial charge >= 0.3 is 5.69 Å². The van der Waals surface area contributed by atoms with E-state index in [0.717, 1.165) is 12.8 Å². The molecule has 1 aromatic carbocycles. The van der Waals surface area contributed by atoms with Gasteiger partial charge in [-0.1, -0.05) is 6.07 Å². The lowest BCUT2D eigenvalue weighted by Gasteiger charge is -2.13. The van der Waals surface area contributed by atoms with E-state index in [1.165, 1.54) is 17.0 Å². The zero-order valence-corrected chi connectivity index (χ0v) is 17.8. The summed E-state index contributed by atoms with van der Waals surface area (Å²) in [5.41, 5.74) is 0.740. The van der Waals surface area contributed by atoms with E-state index < -0.39 is 23.0 Å². The number of aromatic nitrogens is 5. The van der Waals surface area contributed by atoms with Crippen LogP contribution in [0.3, 0.4) is 0 Å². The van der Waals surface area contributed by atoms with E-state index in [9.17, 15) is 18.8 Å². The van der Waals surface area contributed by atoms with Crippen molar-refractivity contribution in [2.75, 3.05) is 0 Å². The number of nitrogens with one attached hydrogen (secondary N) is 2. The van der Waals surface area contributed by atoms with Gasteiger partial charge in [0.2, 0.25) is 0 Å². The molecule has 0 aliphatic heterocycles. The summed E-state index contributed by atoms with van der Waals surface area (Å²) in [6, 6.07) is 6.28. The minimum Gasteiger partial charge on any atom is -0.348 e. The number of carbonyl (C=O) groups excluding carboxylic acids is 1. The first-order chi connectivity index (χ1) is 16.0. The molecule has 4 aromatic rings. The highest BCUT2D eigenvalue weighted by atomic mass is 19.1. The Hall–Kier alpha value is -4.08. The van der Waals surface area contributed by atoms with Crippen LogP contribution in [0.25, 0.3) is 16.7 Å². The van der Waals surface area contributed by atoms with Crippen LogP contribution in [0.5, 0.6) is 0 Å². The molecule has 10 heteroatoms. The largest absolute Gasteiger partial charge is 0.348 e. The van der Waals surface area contributed by atoms with Crippen LogP contribution in [0.4, 0.5) is 4.39 Å². The zero-order valence-electron chi connectivity index (χ0n) is 17.8. The first-order valence-corrected chi connectivity index (χ1v) is 10.7. The van der Waals surface area contributed by atoms with Crippen molar-refractivity contribution in [2.45, 2.75) is 38.8 Å². The lowest BCUT2D eigenvalue weighted by atomic mass is 10.1. The van der Waals surface area contributed by atoms with Gasteiger partial charge in [0.05, 0.1) is 23.0 Å². The molecule has 1 amide bonds. The Labute approximate surface area is 186 Å². The zero-order chi connectivity index (χ0) is 23.1. The van der Waals surface area contributed by atoms with Crippen molar-refractivity contribution >= 4 is 16.9 Å². The molecule has 1 aliphatic carbocycles. The summed E-state index contributed by atoms with van der Waals surface area (Å²) < 4.78 is 17.5. The molecular weight excluding hydrogens is 427 g/mol. The van der Waals surface area contributed by atoms with Crippen LogP contribution in [0, 0.1) is 5.82 Å². The summed E-state index contributed by atoms with van der Waals surface area (Å²) in [5.74, 6) is -0.728. The summed E-state index contributed by atoms with van der Waals surface area (Å²) in [6.45, 7) is 2.14. The number of benzene rings is 1. The molecule has 1 saturated carbocycles. The average Bonchev–Trinajstić information content (AvgIpc) is 3.51. The topological polar surface area (TPSA) is 115 Å². The second kappa shape index (κ2) is 8.12. The van der Waals surface area contributed by atoms with E-state index in [0.29, 0.717) is 23.5 Å². The molecule has 0 radical (unpaired) electrons. The highest BCUT2D eigenvalue weighted by Crippen LogP contribution is 2.39. The standard InChI is InChI=1S/C23H21FN6O3/c1-2-30-20-19(22(32)28-23(30)33)15(10-17(27-20)14-4-5-14)21(31)26-11-13-3-6-18(16(24)9-13)29-8-7-25-12-29/h3,6-10,12,14H,2,4-5,11H2,1H3,(H,26,31)(H,28,32,33). The van der Waals surface area contributed by atoms with Gasteiger partial charge in [-0.3, -0.25) is 19.1 Å². The van der Waals surface area contributed by atoms with Crippen LogP contribution in [-0.4, -0.2) is 30.0 Å². The van der Waals surface area contributed by atoms with Crippen molar-refractivity contribution in [3.63, 3.8) is 0 Å². The van der Waals surface area contributed by atoms with Gasteiger partial charge in [0, 0.05) is 37.1 Å². The van der Waals surface area contributed by atoms with Crippen LogP contribution in [0.15, 0.2) is 52.6 Å². The second-order valence-corrected chi connectivity index (χ2v) is 8.01. The molecule has 1 aliphatic rings. The smallest absolute Gasteiger partial charge is 0.329 e. The fourth-order valence-corrected chi connectivity index (χ4v) is 3.90. The molecule has 1 fully saturated rings. The first-order valence-electron chi connectivity index (χ1n) is 10.7. The molecule has 0 saturated heterocycles. The Bertz CT molecular complexity index is 1480. The molecule has 0 atom stereocenters. The third-order valence-corrected chi connectivity index (χ3v) is 5.77. The third kappa shape index (κ3) is 3.84. The molecule has 3 heterocycles.